The molecule has 4 heteroatoms. The van der Waals surface area contributed by atoms with Gasteiger partial charge in [-0.15, -0.1) is 0 Å². The third kappa shape index (κ3) is 3.97. The van der Waals surface area contributed by atoms with Crippen LogP contribution in [0.25, 0.3) is 0 Å². The van der Waals surface area contributed by atoms with E-state index < -0.39 is 0 Å². The zero-order chi connectivity index (χ0) is 14.4. The van der Waals surface area contributed by atoms with Gasteiger partial charge in [-0.25, -0.2) is 0 Å². The Morgan fingerprint density at radius 1 is 1.25 bits per heavy atom. The summed E-state index contributed by atoms with van der Waals surface area (Å²) in [7, 11) is 0. The number of carbonyl (C=O) groups is 1. The van der Waals surface area contributed by atoms with Crippen LogP contribution in [0.2, 0.25) is 0 Å². The number of Topliss-reactive ketones (excluding diaryl/α,β-unsaturated/α-hetero) is 1. The third-order valence-corrected chi connectivity index (χ3v) is 3.59. The second kappa shape index (κ2) is 7.29. The summed E-state index contributed by atoms with van der Waals surface area (Å²) in [6, 6.07) is 5.46. The number of ketones is 1. The Bertz CT molecular complexity index is 459. The maximum Gasteiger partial charge on any atom is 0.163 e. The van der Waals surface area contributed by atoms with Gasteiger partial charge >= 0.3 is 0 Å². The van der Waals surface area contributed by atoms with Crippen molar-refractivity contribution in [2.75, 3.05) is 19.8 Å². The Morgan fingerprint density at radius 2 is 2.00 bits per heavy atom. The van der Waals surface area contributed by atoms with Crippen molar-refractivity contribution in [2.24, 2.45) is 11.7 Å². The number of carbonyl (C=O) groups excluding carboxylic acids is 1. The van der Waals surface area contributed by atoms with Crippen LogP contribution in [-0.4, -0.2) is 25.5 Å². The molecule has 110 valence electrons. The van der Waals surface area contributed by atoms with E-state index in [1.807, 2.05) is 12.1 Å². The standard InChI is InChI=1S/C16H23NO3/c1-12(7-8-17)3-5-14(18)13-4-6-15-16(11-13)20-10-2-9-19-15/h4,6,11-12H,2-3,5,7-10,17H2,1H3. The van der Waals surface area contributed by atoms with Crippen molar-refractivity contribution in [3.8, 4) is 11.5 Å². The minimum atomic E-state index is 0.157. The molecule has 0 amide bonds. The van der Waals surface area contributed by atoms with Crippen LogP contribution in [0.4, 0.5) is 0 Å². The first-order chi connectivity index (χ1) is 9.70. The van der Waals surface area contributed by atoms with Crippen molar-refractivity contribution >= 4 is 5.78 Å². The Kier molecular flexibility index (Phi) is 5.41. The predicted octanol–water partition coefficient (Wildman–Crippen LogP) is 2.80. The van der Waals surface area contributed by atoms with Gasteiger partial charge in [-0.3, -0.25) is 4.79 Å². The first kappa shape index (κ1) is 14.9. The minimum absolute atomic E-state index is 0.157. The van der Waals surface area contributed by atoms with Crippen molar-refractivity contribution in [1.29, 1.82) is 0 Å². The zero-order valence-electron chi connectivity index (χ0n) is 12.1. The van der Waals surface area contributed by atoms with E-state index in [0.29, 0.717) is 43.4 Å². The van der Waals surface area contributed by atoms with Crippen molar-refractivity contribution in [3.05, 3.63) is 23.8 Å². The van der Waals surface area contributed by atoms with Crippen LogP contribution < -0.4 is 15.2 Å². The molecule has 1 heterocycles. The van der Waals surface area contributed by atoms with E-state index in [-0.39, 0.29) is 5.78 Å². The van der Waals surface area contributed by atoms with E-state index >= 15 is 0 Å². The lowest BCUT2D eigenvalue weighted by atomic mass is 9.97. The summed E-state index contributed by atoms with van der Waals surface area (Å²) < 4.78 is 11.2. The Labute approximate surface area is 120 Å². The molecular weight excluding hydrogens is 254 g/mol. The maximum atomic E-state index is 12.2. The van der Waals surface area contributed by atoms with Crippen LogP contribution in [0.3, 0.4) is 0 Å². The van der Waals surface area contributed by atoms with E-state index in [1.54, 1.807) is 6.07 Å². The molecule has 0 saturated carbocycles. The lowest BCUT2D eigenvalue weighted by Gasteiger charge is -2.11. The normalized spacial score (nSPS) is 15.5. The van der Waals surface area contributed by atoms with Crippen molar-refractivity contribution in [3.63, 3.8) is 0 Å². The number of benzene rings is 1. The monoisotopic (exact) mass is 277 g/mol. The zero-order valence-corrected chi connectivity index (χ0v) is 12.1. The highest BCUT2D eigenvalue weighted by Gasteiger charge is 2.14. The smallest absolute Gasteiger partial charge is 0.163 e. The van der Waals surface area contributed by atoms with E-state index in [0.717, 1.165) is 25.0 Å². The molecule has 0 aromatic heterocycles. The number of rotatable bonds is 6. The Balaban J connectivity index is 1.98. The summed E-state index contributed by atoms with van der Waals surface area (Å²) in [5.74, 6) is 2.06. The van der Waals surface area contributed by atoms with Gasteiger partial charge in [-0.05, 0) is 43.5 Å². The molecule has 1 aromatic carbocycles. The molecule has 0 bridgehead atoms. The van der Waals surface area contributed by atoms with Crippen molar-refractivity contribution in [1.82, 2.24) is 0 Å². The predicted molar refractivity (Wildman–Crippen MR) is 78.4 cm³/mol. The van der Waals surface area contributed by atoms with Crippen LogP contribution in [-0.2, 0) is 0 Å². The molecule has 1 unspecified atom stereocenters. The fourth-order valence-electron chi connectivity index (χ4n) is 2.29. The minimum Gasteiger partial charge on any atom is -0.490 e. The Morgan fingerprint density at radius 3 is 2.75 bits per heavy atom. The summed E-state index contributed by atoms with van der Waals surface area (Å²) >= 11 is 0. The van der Waals surface area contributed by atoms with Gasteiger partial charge < -0.3 is 15.2 Å². The molecule has 1 atom stereocenters. The number of hydrogen-bond donors (Lipinski definition) is 1. The maximum absolute atomic E-state index is 12.2. The molecule has 0 aliphatic carbocycles. The lowest BCUT2D eigenvalue weighted by Crippen LogP contribution is -2.08. The van der Waals surface area contributed by atoms with Gasteiger partial charge in [0.1, 0.15) is 0 Å². The summed E-state index contributed by atoms with van der Waals surface area (Å²) in [4.78, 5) is 12.2. The van der Waals surface area contributed by atoms with Crippen LogP contribution in [0.5, 0.6) is 11.5 Å². The van der Waals surface area contributed by atoms with E-state index in [9.17, 15) is 4.79 Å². The average Bonchev–Trinajstić information content (AvgIpc) is 2.69. The van der Waals surface area contributed by atoms with Gasteiger partial charge in [0.25, 0.3) is 0 Å². The molecule has 0 fully saturated rings. The fraction of sp³-hybridized carbons (Fsp3) is 0.562. The molecule has 2 rings (SSSR count). The van der Waals surface area contributed by atoms with Crippen LogP contribution >= 0.6 is 0 Å². The lowest BCUT2D eigenvalue weighted by molar-refractivity contribution is 0.0973. The van der Waals surface area contributed by atoms with Gasteiger partial charge in [-0.2, -0.15) is 0 Å². The van der Waals surface area contributed by atoms with E-state index in [4.69, 9.17) is 15.2 Å². The molecule has 4 nitrogen and oxygen atoms in total. The van der Waals surface area contributed by atoms with Gasteiger partial charge in [0.05, 0.1) is 13.2 Å². The van der Waals surface area contributed by atoms with Gasteiger partial charge in [-0.1, -0.05) is 6.92 Å². The first-order valence-electron chi connectivity index (χ1n) is 7.33. The van der Waals surface area contributed by atoms with E-state index in [2.05, 4.69) is 6.92 Å². The quantitative estimate of drug-likeness (QED) is 0.812. The topological polar surface area (TPSA) is 61.6 Å². The number of nitrogens with two attached hydrogens (primary N) is 1. The highest BCUT2D eigenvalue weighted by atomic mass is 16.5. The second-order valence-electron chi connectivity index (χ2n) is 5.36. The third-order valence-electron chi connectivity index (χ3n) is 3.59. The van der Waals surface area contributed by atoms with Gasteiger partial charge in [0, 0.05) is 18.4 Å². The summed E-state index contributed by atoms with van der Waals surface area (Å²) in [5, 5.41) is 0. The first-order valence-corrected chi connectivity index (χ1v) is 7.33. The number of ether oxygens (including phenoxy) is 2. The number of hydrogen-bond acceptors (Lipinski definition) is 4. The Hall–Kier alpha value is -1.55. The summed E-state index contributed by atoms with van der Waals surface area (Å²) in [5.41, 5.74) is 6.23. The van der Waals surface area contributed by atoms with Gasteiger partial charge in [0.2, 0.25) is 0 Å². The highest BCUT2D eigenvalue weighted by molar-refractivity contribution is 5.96. The summed E-state index contributed by atoms with van der Waals surface area (Å²) in [6.07, 6.45) is 3.27. The molecule has 0 saturated heterocycles. The molecule has 1 aliphatic rings. The molecule has 1 aromatic rings. The van der Waals surface area contributed by atoms with Crippen LogP contribution in [0, 0.1) is 5.92 Å². The van der Waals surface area contributed by atoms with Crippen molar-refractivity contribution < 1.29 is 14.3 Å². The number of fused-ring (bicyclic) bond motifs is 1. The van der Waals surface area contributed by atoms with Crippen LogP contribution in [0.15, 0.2) is 18.2 Å². The fourth-order valence-corrected chi connectivity index (χ4v) is 2.29. The SMILES string of the molecule is CC(CCN)CCC(=O)c1ccc2c(c1)OCCCO2. The van der Waals surface area contributed by atoms with Crippen LogP contribution in [0.1, 0.15) is 43.0 Å². The molecule has 1 aliphatic heterocycles. The van der Waals surface area contributed by atoms with E-state index in [1.165, 1.54) is 0 Å². The second-order valence-corrected chi connectivity index (χ2v) is 5.36. The molecule has 0 spiro atoms. The average molecular weight is 277 g/mol. The molecular formula is C16H23NO3. The molecule has 2 N–H and O–H groups in total. The largest absolute Gasteiger partial charge is 0.490 e. The summed E-state index contributed by atoms with van der Waals surface area (Å²) in [6.45, 7) is 4.11. The molecule has 0 radical (unpaired) electrons. The van der Waals surface area contributed by atoms with Gasteiger partial charge in [0.15, 0.2) is 17.3 Å². The highest BCUT2D eigenvalue weighted by Crippen LogP contribution is 2.31. The van der Waals surface area contributed by atoms with Crippen molar-refractivity contribution in [2.45, 2.75) is 32.6 Å². The molecule has 20 heavy (non-hydrogen) atoms.